The molecular weight excluding hydrogens is 263 g/mol. The lowest BCUT2D eigenvalue weighted by Crippen LogP contribution is -2.15. The zero-order valence-corrected chi connectivity index (χ0v) is 8.73. The molecule has 0 aliphatic rings. The molecular formula is C8H9BrF3NO. The normalized spacial score (nSPS) is 14.4. The number of hydrogen-bond donors (Lipinski definition) is 1. The van der Waals surface area contributed by atoms with E-state index in [2.05, 4.69) is 15.9 Å². The largest absolute Gasteiger partial charge is 0.453 e. The molecule has 2 N–H and O–H groups in total. The Hall–Kier alpha value is -0.490. The maximum atomic E-state index is 11.8. The Labute approximate surface area is 87.4 Å². The summed E-state index contributed by atoms with van der Waals surface area (Å²) in [6, 6.07) is 2.45. The first kappa shape index (κ1) is 11.6. The highest BCUT2D eigenvalue weighted by Crippen LogP contribution is 2.27. The molecule has 0 amide bonds. The zero-order chi connectivity index (χ0) is 10.8. The predicted octanol–water partition coefficient (Wildman–Crippen LogP) is 3.38. The van der Waals surface area contributed by atoms with Gasteiger partial charge in [0, 0.05) is 6.42 Å². The van der Waals surface area contributed by atoms with Crippen molar-refractivity contribution in [1.82, 2.24) is 0 Å². The molecule has 1 rings (SSSR count). The molecule has 0 aliphatic heterocycles. The van der Waals surface area contributed by atoms with Gasteiger partial charge in [-0.3, -0.25) is 0 Å². The van der Waals surface area contributed by atoms with Gasteiger partial charge in [-0.25, -0.2) is 0 Å². The fraction of sp³-hybridized carbons (Fsp3) is 0.500. The molecule has 0 spiro atoms. The van der Waals surface area contributed by atoms with Crippen LogP contribution in [0.2, 0.25) is 0 Å². The van der Waals surface area contributed by atoms with E-state index in [9.17, 15) is 13.2 Å². The van der Waals surface area contributed by atoms with Gasteiger partial charge in [0.05, 0.1) is 6.04 Å². The van der Waals surface area contributed by atoms with E-state index in [0.29, 0.717) is 10.4 Å². The average Bonchev–Trinajstić information content (AvgIpc) is 2.46. The number of halogens is 4. The molecule has 80 valence electrons. The average molecular weight is 272 g/mol. The van der Waals surface area contributed by atoms with Crippen molar-refractivity contribution in [2.45, 2.75) is 25.1 Å². The van der Waals surface area contributed by atoms with Crippen LogP contribution in [0.4, 0.5) is 13.2 Å². The predicted molar refractivity (Wildman–Crippen MR) is 48.6 cm³/mol. The van der Waals surface area contributed by atoms with Crippen molar-refractivity contribution in [3.8, 4) is 0 Å². The third-order valence-corrected chi connectivity index (χ3v) is 2.12. The van der Waals surface area contributed by atoms with Crippen LogP contribution in [0.5, 0.6) is 0 Å². The van der Waals surface area contributed by atoms with E-state index in [-0.39, 0.29) is 6.42 Å². The van der Waals surface area contributed by atoms with Crippen LogP contribution in [0.1, 0.15) is 24.6 Å². The molecule has 0 saturated heterocycles. The van der Waals surface area contributed by atoms with Crippen LogP contribution in [-0.4, -0.2) is 6.18 Å². The standard InChI is InChI=1S/C8H9BrF3NO/c9-7-2-1-6(14-7)5(13)3-4-8(10,11)12/h1-2,5H,3-4,13H2/t5-/m1/s1. The highest BCUT2D eigenvalue weighted by atomic mass is 79.9. The smallest absolute Gasteiger partial charge is 0.389 e. The summed E-state index contributed by atoms with van der Waals surface area (Å²) >= 11 is 3.05. The van der Waals surface area contributed by atoms with Gasteiger partial charge in [0.1, 0.15) is 5.76 Å². The SMILES string of the molecule is N[C@H](CCC(F)(F)F)c1ccc(Br)o1. The van der Waals surface area contributed by atoms with Crippen molar-refractivity contribution in [2.24, 2.45) is 5.73 Å². The van der Waals surface area contributed by atoms with Crippen molar-refractivity contribution in [2.75, 3.05) is 0 Å². The number of furan rings is 1. The number of rotatable bonds is 3. The third kappa shape index (κ3) is 3.71. The summed E-state index contributed by atoms with van der Waals surface area (Å²) < 4.78 is 41.0. The van der Waals surface area contributed by atoms with Crippen LogP contribution in [-0.2, 0) is 0 Å². The molecule has 0 fully saturated rings. The molecule has 1 aromatic heterocycles. The summed E-state index contributed by atoms with van der Waals surface area (Å²) in [5.74, 6) is 0.362. The Bertz CT molecular complexity index is 297. The van der Waals surface area contributed by atoms with Gasteiger partial charge in [0.25, 0.3) is 0 Å². The molecule has 1 atom stereocenters. The summed E-state index contributed by atoms with van der Waals surface area (Å²) in [6.45, 7) is 0. The topological polar surface area (TPSA) is 39.2 Å². The zero-order valence-electron chi connectivity index (χ0n) is 7.14. The number of hydrogen-bond acceptors (Lipinski definition) is 2. The summed E-state index contributed by atoms with van der Waals surface area (Å²) in [4.78, 5) is 0. The molecule has 2 nitrogen and oxygen atoms in total. The Morgan fingerprint density at radius 3 is 2.50 bits per heavy atom. The van der Waals surface area contributed by atoms with Gasteiger partial charge in [-0.15, -0.1) is 0 Å². The second-order valence-corrected chi connectivity index (χ2v) is 3.68. The van der Waals surface area contributed by atoms with Crippen molar-refractivity contribution in [1.29, 1.82) is 0 Å². The van der Waals surface area contributed by atoms with Crippen molar-refractivity contribution in [3.63, 3.8) is 0 Å². The lowest BCUT2D eigenvalue weighted by Gasteiger charge is -2.10. The van der Waals surface area contributed by atoms with Gasteiger partial charge >= 0.3 is 6.18 Å². The number of alkyl halides is 3. The Kier molecular flexibility index (Phi) is 3.60. The fourth-order valence-corrected chi connectivity index (χ4v) is 1.31. The molecule has 0 bridgehead atoms. The maximum Gasteiger partial charge on any atom is 0.389 e. The fourth-order valence-electron chi connectivity index (χ4n) is 0.989. The van der Waals surface area contributed by atoms with Crippen LogP contribution in [0.15, 0.2) is 21.2 Å². The molecule has 0 radical (unpaired) electrons. The minimum Gasteiger partial charge on any atom is -0.453 e. The minimum absolute atomic E-state index is 0.163. The Morgan fingerprint density at radius 2 is 2.07 bits per heavy atom. The molecule has 0 aliphatic carbocycles. The molecule has 0 aromatic carbocycles. The summed E-state index contributed by atoms with van der Waals surface area (Å²) in [5, 5.41) is 0. The molecule has 0 saturated carbocycles. The van der Waals surface area contributed by atoms with Crippen LogP contribution in [0, 0.1) is 0 Å². The van der Waals surface area contributed by atoms with E-state index in [1.54, 1.807) is 12.1 Å². The van der Waals surface area contributed by atoms with Gasteiger partial charge in [-0.2, -0.15) is 13.2 Å². The quantitative estimate of drug-likeness (QED) is 0.916. The summed E-state index contributed by atoms with van der Waals surface area (Å²) in [6.07, 6.45) is -5.22. The Morgan fingerprint density at radius 1 is 1.43 bits per heavy atom. The van der Waals surface area contributed by atoms with E-state index in [4.69, 9.17) is 10.2 Å². The van der Waals surface area contributed by atoms with Crippen LogP contribution < -0.4 is 5.73 Å². The van der Waals surface area contributed by atoms with Crippen LogP contribution in [0.25, 0.3) is 0 Å². The summed E-state index contributed by atoms with van der Waals surface area (Å²) in [5.41, 5.74) is 5.50. The van der Waals surface area contributed by atoms with E-state index in [1.165, 1.54) is 0 Å². The highest BCUT2D eigenvalue weighted by Gasteiger charge is 2.28. The number of nitrogens with two attached hydrogens (primary N) is 1. The van der Waals surface area contributed by atoms with E-state index in [0.717, 1.165) is 0 Å². The first-order valence-corrected chi connectivity index (χ1v) is 4.75. The molecule has 1 aromatic rings. The lowest BCUT2D eigenvalue weighted by molar-refractivity contribution is -0.136. The maximum absolute atomic E-state index is 11.8. The monoisotopic (exact) mass is 271 g/mol. The van der Waals surface area contributed by atoms with Crippen LogP contribution in [0.3, 0.4) is 0 Å². The van der Waals surface area contributed by atoms with E-state index < -0.39 is 18.6 Å². The molecule has 1 heterocycles. The first-order chi connectivity index (χ1) is 6.38. The van der Waals surface area contributed by atoms with Gasteiger partial charge in [-0.05, 0) is 34.5 Å². The second kappa shape index (κ2) is 4.35. The third-order valence-electron chi connectivity index (χ3n) is 1.70. The van der Waals surface area contributed by atoms with Gasteiger partial charge < -0.3 is 10.2 Å². The minimum atomic E-state index is -4.17. The van der Waals surface area contributed by atoms with Crippen LogP contribution >= 0.6 is 15.9 Å². The van der Waals surface area contributed by atoms with Crippen molar-refractivity contribution < 1.29 is 17.6 Å². The molecule has 0 unspecified atom stereocenters. The van der Waals surface area contributed by atoms with Gasteiger partial charge in [0.15, 0.2) is 4.67 Å². The van der Waals surface area contributed by atoms with Gasteiger partial charge in [-0.1, -0.05) is 0 Å². The van der Waals surface area contributed by atoms with E-state index >= 15 is 0 Å². The van der Waals surface area contributed by atoms with Crippen molar-refractivity contribution >= 4 is 15.9 Å². The van der Waals surface area contributed by atoms with E-state index in [1.807, 2.05) is 0 Å². The lowest BCUT2D eigenvalue weighted by atomic mass is 10.1. The Balaban J connectivity index is 2.47. The second-order valence-electron chi connectivity index (χ2n) is 2.90. The van der Waals surface area contributed by atoms with Crippen molar-refractivity contribution in [3.05, 3.63) is 22.6 Å². The highest BCUT2D eigenvalue weighted by molar-refractivity contribution is 9.10. The summed E-state index contributed by atoms with van der Waals surface area (Å²) in [7, 11) is 0. The first-order valence-electron chi connectivity index (χ1n) is 3.96. The molecule has 6 heteroatoms. The van der Waals surface area contributed by atoms with Gasteiger partial charge in [0.2, 0.25) is 0 Å². The molecule has 14 heavy (non-hydrogen) atoms.